The Hall–Kier alpha value is -0.900. The van der Waals surface area contributed by atoms with Gasteiger partial charge >= 0.3 is 0 Å². The number of likely N-dealkylation sites (N-methyl/N-ethyl adjacent to an activating group) is 1. The summed E-state index contributed by atoms with van der Waals surface area (Å²) in [6, 6.07) is 9.29. The third kappa shape index (κ3) is 5.23. The first-order valence-corrected chi connectivity index (χ1v) is 7.62. The fourth-order valence-electron chi connectivity index (χ4n) is 2.59. The molecule has 1 aromatic carbocycles. The number of rotatable bonds is 8. The first-order chi connectivity index (χ1) is 9.45. The molecule has 0 saturated heterocycles. The van der Waals surface area contributed by atoms with Crippen molar-refractivity contribution in [1.29, 1.82) is 0 Å². The van der Waals surface area contributed by atoms with Crippen LogP contribution in [0.4, 0.5) is 0 Å². The minimum absolute atomic E-state index is 0.182. The Morgan fingerprint density at radius 1 is 1.05 bits per heavy atom. The van der Waals surface area contributed by atoms with Crippen LogP contribution in [0.25, 0.3) is 0 Å². The van der Waals surface area contributed by atoms with Gasteiger partial charge < -0.3 is 10.6 Å². The predicted molar refractivity (Wildman–Crippen MR) is 88.0 cm³/mol. The molecule has 0 aliphatic carbocycles. The highest BCUT2D eigenvalue weighted by molar-refractivity contribution is 5.25. The zero-order valence-electron chi connectivity index (χ0n) is 13.8. The monoisotopic (exact) mass is 277 g/mol. The molecular weight excluding hydrogens is 246 g/mol. The zero-order chi connectivity index (χ0) is 15.1. The summed E-state index contributed by atoms with van der Waals surface area (Å²) in [6.07, 6.45) is 2.17. The fourth-order valence-corrected chi connectivity index (χ4v) is 2.59. The van der Waals surface area contributed by atoms with Crippen LogP contribution in [-0.2, 0) is 0 Å². The van der Waals surface area contributed by atoms with E-state index in [0.717, 1.165) is 19.5 Å². The van der Waals surface area contributed by atoms with Crippen LogP contribution in [0.3, 0.4) is 0 Å². The molecule has 20 heavy (non-hydrogen) atoms. The molecule has 1 rings (SSSR count). The first-order valence-electron chi connectivity index (χ1n) is 7.62. The van der Waals surface area contributed by atoms with E-state index in [-0.39, 0.29) is 6.04 Å². The van der Waals surface area contributed by atoms with E-state index in [4.69, 9.17) is 5.73 Å². The summed E-state index contributed by atoms with van der Waals surface area (Å²) >= 11 is 0. The van der Waals surface area contributed by atoms with E-state index in [1.165, 1.54) is 17.5 Å². The Balaban J connectivity index is 2.75. The van der Waals surface area contributed by atoms with Crippen molar-refractivity contribution in [2.45, 2.75) is 38.8 Å². The van der Waals surface area contributed by atoms with E-state index in [2.05, 4.69) is 69.1 Å². The highest BCUT2D eigenvalue weighted by atomic mass is 15.2. The van der Waals surface area contributed by atoms with Crippen LogP contribution in [0.15, 0.2) is 24.3 Å². The van der Waals surface area contributed by atoms with Gasteiger partial charge in [-0.3, -0.25) is 4.90 Å². The third-order valence-electron chi connectivity index (χ3n) is 3.89. The zero-order valence-corrected chi connectivity index (χ0v) is 13.8. The Morgan fingerprint density at radius 2 is 1.65 bits per heavy atom. The van der Waals surface area contributed by atoms with Crippen molar-refractivity contribution in [2.75, 3.05) is 34.2 Å². The normalized spacial score (nSPS) is 14.8. The highest BCUT2D eigenvalue weighted by Crippen LogP contribution is 2.24. The summed E-state index contributed by atoms with van der Waals surface area (Å²) in [7, 11) is 6.43. The largest absolute Gasteiger partial charge is 0.326 e. The number of nitrogens with zero attached hydrogens (tertiary/aromatic N) is 2. The highest BCUT2D eigenvalue weighted by Gasteiger charge is 2.22. The van der Waals surface area contributed by atoms with Crippen molar-refractivity contribution in [3.63, 3.8) is 0 Å². The maximum Gasteiger partial charge on any atom is 0.0496 e. The molecule has 0 aliphatic heterocycles. The van der Waals surface area contributed by atoms with Gasteiger partial charge in [0.15, 0.2) is 0 Å². The smallest absolute Gasteiger partial charge is 0.0496 e. The quantitative estimate of drug-likeness (QED) is 0.793. The van der Waals surface area contributed by atoms with Gasteiger partial charge in [0.1, 0.15) is 0 Å². The summed E-state index contributed by atoms with van der Waals surface area (Å²) in [4.78, 5) is 4.64. The molecule has 0 heterocycles. The Morgan fingerprint density at radius 3 is 2.15 bits per heavy atom. The molecule has 0 fully saturated rings. The van der Waals surface area contributed by atoms with Crippen LogP contribution in [0.2, 0.25) is 0 Å². The second-order valence-corrected chi connectivity index (χ2v) is 6.07. The van der Waals surface area contributed by atoms with Gasteiger partial charge in [0.25, 0.3) is 0 Å². The number of aryl methyl sites for hydroxylation is 1. The molecule has 2 atom stereocenters. The van der Waals surface area contributed by atoms with E-state index in [9.17, 15) is 0 Å². The molecule has 0 bridgehead atoms. The lowest BCUT2D eigenvalue weighted by atomic mass is 9.96. The molecular formula is C17H31N3. The van der Waals surface area contributed by atoms with E-state index >= 15 is 0 Å². The molecule has 2 N–H and O–H groups in total. The van der Waals surface area contributed by atoms with Crippen molar-refractivity contribution in [1.82, 2.24) is 9.80 Å². The van der Waals surface area contributed by atoms with E-state index in [1.807, 2.05) is 0 Å². The summed E-state index contributed by atoms with van der Waals surface area (Å²) in [5, 5.41) is 0. The minimum Gasteiger partial charge on any atom is -0.326 e. The van der Waals surface area contributed by atoms with E-state index in [0.29, 0.717) is 6.04 Å². The van der Waals surface area contributed by atoms with Crippen molar-refractivity contribution in [3.05, 3.63) is 35.4 Å². The standard InChI is InChI=1S/C17H31N3/c1-6-16(18)17(15-10-8-14(2)9-11-15)20(5)13-7-12-19(3)4/h8-11,16-17H,6-7,12-13,18H2,1-5H3. The number of nitrogens with two attached hydrogens (primary N) is 1. The van der Waals surface area contributed by atoms with Gasteiger partial charge in [0, 0.05) is 12.1 Å². The average Bonchev–Trinajstić information content (AvgIpc) is 2.40. The molecule has 0 radical (unpaired) electrons. The second-order valence-electron chi connectivity index (χ2n) is 6.07. The maximum atomic E-state index is 6.37. The van der Waals surface area contributed by atoms with Gasteiger partial charge in [-0.05, 0) is 59.6 Å². The summed E-state index contributed by atoms with van der Waals surface area (Å²) in [5.41, 5.74) is 9.00. The summed E-state index contributed by atoms with van der Waals surface area (Å²) in [6.45, 7) is 6.48. The van der Waals surface area contributed by atoms with Crippen LogP contribution in [0.1, 0.15) is 36.9 Å². The first kappa shape index (κ1) is 17.2. The predicted octanol–water partition coefficient (Wildman–Crippen LogP) is 2.66. The van der Waals surface area contributed by atoms with Crippen LogP contribution >= 0.6 is 0 Å². The lowest BCUT2D eigenvalue weighted by molar-refractivity contribution is 0.200. The molecule has 0 spiro atoms. The molecule has 2 unspecified atom stereocenters. The van der Waals surface area contributed by atoms with Crippen molar-refractivity contribution < 1.29 is 0 Å². The van der Waals surface area contributed by atoms with Crippen molar-refractivity contribution >= 4 is 0 Å². The number of hydrogen-bond acceptors (Lipinski definition) is 3. The van der Waals surface area contributed by atoms with Crippen LogP contribution in [0, 0.1) is 6.92 Å². The molecule has 3 heteroatoms. The van der Waals surface area contributed by atoms with Gasteiger partial charge in [-0.1, -0.05) is 36.8 Å². The van der Waals surface area contributed by atoms with Crippen LogP contribution < -0.4 is 5.73 Å². The van der Waals surface area contributed by atoms with E-state index < -0.39 is 0 Å². The second kappa shape index (κ2) is 8.40. The molecule has 1 aromatic rings. The average molecular weight is 277 g/mol. The van der Waals surface area contributed by atoms with Crippen LogP contribution in [-0.4, -0.2) is 50.1 Å². The van der Waals surface area contributed by atoms with E-state index in [1.54, 1.807) is 0 Å². The Kier molecular flexibility index (Phi) is 7.20. The van der Waals surface area contributed by atoms with Gasteiger partial charge in [0.2, 0.25) is 0 Å². The Bertz CT molecular complexity index is 372. The maximum absolute atomic E-state index is 6.37. The molecule has 0 amide bonds. The number of benzene rings is 1. The lowest BCUT2D eigenvalue weighted by Crippen LogP contribution is -2.39. The topological polar surface area (TPSA) is 32.5 Å². The molecule has 0 aromatic heterocycles. The van der Waals surface area contributed by atoms with Crippen molar-refractivity contribution in [2.24, 2.45) is 5.73 Å². The molecule has 0 saturated carbocycles. The Labute approximate surface area is 124 Å². The SMILES string of the molecule is CCC(N)C(c1ccc(C)cc1)N(C)CCCN(C)C. The lowest BCUT2D eigenvalue weighted by Gasteiger charge is -2.33. The fraction of sp³-hybridized carbons (Fsp3) is 0.647. The third-order valence-corrected chi connectivity index (χ3v) is 3.89. The molecule has 3 nitrogen and oxygen atoms in total. The van der Waals surface area contributed by atoms with Gasteiger partial charge in [-0.15, -0.1) is 0 Å². The van der Waals surface area contributed by atoms with Gasteiger partial charge in [-0.2, -0.15) is 0 Å². The summed E-state index contributed by atoms with van der Waals surface area (Å²) < 4.78 is 0. The van der Waals surface area contributed by atoms with Gasteiger partial charge in [0.05, 0.1) is 0 Å². The van der Waals surface area contributed by atoms with Crippen LogP contribution in [0.5, 0.6) is 0 Å². The minimum atomic E-state index is 0.182. The van der Waals surface area contributed by atoms with Crippen molar-refractivity contribution in [3.8, 4) is 0 Å². The number of hydrogen-bond donors (Lipinski definition) is 1. The summed E-state index contributed by atoms with van der Waals surface area (Å²) in [5.74, 6) is 0. The van der Waals surface area contributed by atoms with Gasteiger partial charge in [-0.25, -0.2) is 0 Å². The molecule has 114 valence electrons. The molecule has 0 aliphatic rings.